The molecule has 0 spiro atoms. The van der Waals surface area contributed by atoms with Gasteiger partial charge in [-0.05, 0) is 25.2 Å². The van der Waals surface area contributed by atoms with E-state index in [1.165, 1.54) is 6.07 Å². The predicted molar refractivity (Wildman–Crippen MR) is 80.2 cm³/mol. The largest absolute Gasteiger partial charge is 0.477 e. The summed E-state index contributed by atoms with van der Waals surface area (Å²) in [5, 5.41) is 17.5. The van der Waals surface area contributed by atoms with Crippen LogP contribution in [0.5, 0.6) is 0 Å². The monoisotopic (exact) mass is 339 g/mol. The van der Waals surface area contributed by atoms with Crippen molar-refractivity contribution >= 4 is 39.1 Å². The van der Waals surface area contributed by atoms with Crippen molar-refractivity contribution in [2.24, 2.45) is 0 Å². The minimum atomic E-state index is -3.66. The van der Waals surface area contributed by atoms with Gasteiger partial charge in [-0.3, -0.25) is 0 Å². The fourth-order valence-corrected chi connectivity index (χ4v) is 4.81. The quantitative estimate of drug-likeness (QED) is 0.583. The Morgan fingerprint density at radius 2 is 2.15 bits per heavy atom. The number of aliphatic hydroxyl groups excluding tert-OH is 1. The number of hydrogen-bond acceptors (Lipinski definition) is 6. The molecule has 0 unspecified atom stereocenters. The topological polar surface area (TPSA) is 104 Å². The number of aromatic carboxylic acids is 1. The van der Waals surface area contributed by atoms with Crippen molar-refractivity contribution in [1.82, 2.24) is 4.72 Å². The van der Waals surface area contributed by atoms with Crippen molar-refractivity contribution in [3.63, 3.8) is 0 Å². The van der Waals surface area contributed by atoms with Crippen LogP contribution < -0.4 is 4.72 Å². The van der Waals surface area contributed by atoms with E-state index in [4.69, 9.17) is 10.2 Å². The number of thioether (sulfide) groups is 1. The number of sulfonamides is 1. The molecular formula is C11H17NO5S3. The first kappa shape index (κ1) is 17.4. The highest BCUT2D eigenvalue weighted by Crippen LogP contribution is 2.25. The van der Waals surface area contributed by atoms with Crippen molar-refractivity contribution in [3.8, 4) is 0 Å². The Morgan fingerprint density at radius 3 is 2.70 bits per heavy atom. The third kappa shape index (κ3) is 5.06. The summed E-state index contributed by atoms with van der Waals surface area (Å²) in [6.45, 7) is 1.99. The second-order valence-electron chi connectivity index (χ2n) is 3.92. The summed E-state index contributed by atoms with van der Waals surface area (Å²) in [4.78, 5) is 11.3. The molecule has 0 bridgehead atoms. The molecule has 1 aromatic heterocycles. The van der Waals surface area contributed by atoms with Gasteiger partial charge in [0.15, 0.2) is 0 Å². The smallest absolute Gasteiger partial charge is 0.345 e. The minimum Gasteiger partial charge on any atom is -0.477 e. The zero-order valence-corrected chi connectivity index (χ0v) is 13.4. The van der Waals surface area contributed by atoms with Gasteiger partial charge in [0, 0.05) is 23.8 Å². The van der Waals surface area contributed by atoms with Crippen LogP contribution >= 0.6 is 23.1 Å². The molecule has 0 aliphatic rings. The molecule has 114 valence electrons. The Hall–Kier alpha value is -0.610. The van der Waals surface area contributed by atoms with Crippen LogP contribution in [-0.4, -0.2) is 49.3 Å². The van der Waals surface area contributed by atoms with Gasteiger partial charge < -0.3 is 10.2 Å². The maximum absolute atomic E-state index is 12.0. The normalized spacial score (nSPS) is 11.7. The van der Waals surface area contributed by atoms with E-state index in [9.17, 15) is 13.2 Å². The SMILES string of the molecule is Cc1sc(C(=O)O)cc1S(=O)(=O)NCCSCCCO. The summed E-state index contributed by atoms with van der Waals surface area (Å²) in [6.07, 6.45) is 0.684. The number of carboxylic acids is 1. The zero-order valence-electron chi connectivity index (χ0n) is 11.0. The minimum absolute atomic E-state index is 0.0141. The van der Waals surface area contributed by atoms with Crippen LogP contribution in [0.1, 0.15) is 21.0 Å². The Morgan fingerprint density at radius 1 is 1.45 bits per heavy atom. The maximum Gasteiger partial charge on any atom is 0.345 e. The van der Waals surface area contributed by atoms with Gasteiger partial charge in [0.05, 0.1) is 4.90 Å². The van der Waals surface area contributed by atoms with E-state index >= 15 is 0 Å². The second-order valence-corrected chi connectivity index (χ2v) is 8.14. The van der Waals surface area contributed by atoms with E-state index in [-0.39, 0.29) is 22.9 Å². The van der Waals surface area contributed by atoms with Crippen molar-refractivity contribution in [1.29, 1.82) is 0 Å². The number of carbonyl (C=O) groups is 1. The van der Waals surface area contributed by atoms with Gasteiger partial charge in [-0.15, -0.1) is 11.3 Å². The Balaban J connectivity index is 2.58. The molecule has 6 nitrogen and oxygen atoms in total. The maximum atomic E-state index is 12.0. The highest BCUT2D eigenvalue weighted by Gasteiger charge is 2.21. The molecule has 1 rings (SSSR count). The van der Waals surface area contributed by atoms with Crippen LogP contribution in [-0.2, 0) is 10.0 Å². The number of rotatable bonds is 9. The summed E-state index contributed by atoms with van der Waals surface area (Å²) >= 11 is 2.50. The molecular weight excluding hydrogens is 322 g/mol. The summed E-state index contributed by atoms with van der Waals surface area (Å²) < 4.78 is 26.5. The molecule has 0 saturated heterocycles. The van der Waals surface area contributed by atoms with E-state index in [1.807, 2.05) is 0 Å². The number of carboxylic acid groups (broad SMARTS) is 1. The summed E-state index contributed by atoms with van der Waals surface area (Å²) in [6, 6.07) is 1.18. The molecule has 0 amide bonds. The van der Waals surface area contributed by atoms with Gasteiger partial charge >= 0.3 is 5.97 Å². The van der Waals surface area contributed by atoms with Crippen LogP contribution in [0.4, 0.5) is 0 Å². The number of aryl methyl sites for hydroxylation is 1. The van der Waals surface area contributed by atoms with E-state index < -0.39 is 16.0 Å². The molecule has 1 aromatic rings. The molecule has 9 heteroatoms. The summed E-state index contributed by atoms with van der Waals surface area (Å²) in [5.41, 5.74) is 0. The van der Waals surface area contributed by atoms with Crippen molar-refractivity contribution < 1.29 is 23.4 Å². The standard InChI is InChI=1S/C11H17NO5S3/c1-8-10(7-9(19-8)11(14)15)20(16,17)12-3-6-18-5-2-4-13/h7,12-13H,2-6H2,1H3,(H,14,15). The molecule has 0 aromatic carbocycles. The summed E-state index contributed by atoms with van der Waals surface area (Å²) in [7, 11) is -3.66. The van der Waals surface area contributed by atoms with Crippen LogP contribution in [0.25, 0.3) is 0 Å². The van der Waals surface area contributed by atoms with E-state index in [0.717, 1.165) is 17.1 Å². The van der Waals surface area contributed by atoms with Crippen molar-refractivity contribution in [3.05, 3.63) is 15.8 Å². The lowest BCUT2D eigenvalue weighted by Gasteiger charge is -2.05. The van der Waals surface area contributed by atoms with E-state index in [1.54, 1.807) is 18.7 Å². The highest BCUT2D eigenvalue weighted by molar-refractivity contribution is 7.99. The first-order valence-electron chi connectivity index (χ1n) is 5.90. The fraction of sp³-hybridized carbons (Fsp3) is 0.545. The zero-order chi connectivity index (χ0) is 15.2. The van der Waals surface area contributed by atoms with Crippen LogP contribution in [0.2, 0.25) is 0 Å². The number of nitrogens with one attached hydrogen (secondary N) is 1. The Labute approximate surface area is 126 Å². The molecule has 0 aliphatic heterocycles. The number of thiophene rings is 1. The molecule has 0 atom stereocenters. The number of hydrogen-bond donors (Lipinski definition) is 3. The van der Waals surface area contributed by atoms with Crippen LogP contribution in [0, 0.1) is 6.92 Å². The van der Waals surface area contributed by atoms with Crippen molar-refractivity contribution in [2.75, 3.05) is 24.7 Å². The Kier molecular flexibility index (Phi) is 6.96. The first-order valence-corrected chi connectivity index (χ1v) is 9.36. The van der Waals surface area contributed by atoms with Gasteiger partial charge in [-0.1, -0.05) is 0 Å². The third-order valence-electron chi connectivity index (χ3n) is 2.36. The lowest BCUT2D eigenvalue weighted by atomic mass is 10.4. The fourth-order valence-electron chi connectivity index (χ4n) is 1.43. The average Bonchev–Trinajstić information content (AvgIpc) is 2.77. The molecule has 0 radical (unpaired) electrons. The van der Waals surface area contributed by atoms with Crippen molar-refractivity contribution in [2.45, 2.75) is 18.2 Å². The second kappa shape index (κ2) is 7.99. The summed E-state index contributed by atoms with van der Waals surface area (Å²) in [5.74, 6) is 0.256. The lowest BCUT2D eigenvalue weighted by Crippen LogP contribution is -2.26. The Bertz CT molecular complexity index is 552. The predicted octanol–water partition coefficient (Wildman–Crippen LogP) is 1.15. The molecule has 0 fully saturated rings. The van der Waals surface area contributed by atoms with Gasteiger partial charge in [0.25, 0.3) is 0 Å². The molecule has 1 heterocycles. The van der Waals surface area contributed by atoms with Gasteiger partial charge in [-0.2, -0.15) is 11.8 Å². The average molecular weight is 339 g/mol. The molecule has 0 aliphatic carbocycles. The van der Waals surface area contributed by atoms with E-state index in [0.29, 0.717) is 17.1 Å². The molecule has 3 N–H and O–H groups in total. The number of aliphatic hydroxyl groups is 1. The van der Waals surface area contributed by atoms with Gasteiger partial charge in [-0.25, -0.2) is 17.9 Å². The van der Waals surface area contributed by atoms with Gasteiger partial charge in [0.1, 0.15) is 4.88 Å². The van der Waals surface area contributed by atoms with Crippen LogP contribution in [0.3, 0.4) is 0 Å². The molecule has 0 saturated carbocycles. The molecule has 20 heavy (non-hydrogen) atoms. The first-order chi connectivity index (χ1) is 9.38. The lowest BCUT2D eigenvalue weighted by molar-refractivity contribution is 0.0702. The van der Waals surface area contributed by atoms with E-state index in [2.05, 4.69) is 4.72 Å². The van der Waals surface area contributed by atoms with Gasteiger partial charge in [0.2, 0.25) is 10.0 Å². The third-order valence-corrected chi connectivity index (χ3v) is 6.18. The highest BCUT2D eigenvalue weighted by atomic mass is 32.2. The van der Waals surface area contributed by atoms with Crippen LogP contribution in [0.15, 0.2) is 11.0 Å².